The van der Waals surface area contributed by atoms with Crippen LogP contribution in [0, 0.1) is 6.92 Å². The summed E-state index contributed by atoms with van der Waals surface area (Å²) in [6.45, 7) is 3.75. The smallest absolute Gasteiger partial charge is 0.335 e. The van der Waals surface area contributed by atoms with E-state index in [1.807, 2.05) is 36.7 Å². The topological polar surface area (TPSA) is 78.5 Å². The number of nitrogens with zero attached hydrogens (tertiary/aromatic N) is 2. The molecular weight excluding hydrogens is 426 g/mol. The van der Waals surface area contributed by atoms with Gasteiger partial charge in [0.2, 0.25) is 0 Å². The minimum absolute atomic E-state index is 0.142. The molecule has 6 nitrogen and oxygen atoms in total. The number of carboxylic acids is 1. The number of aryl methyl sites for hydroxylation is 1. The zero-order chi connectivity index (χ0) is 23.7. The van der Waals surface area contributed by atoms with Gasteiger partial charge in [0, 0.05) is 53.1 Å². The van der Waals surface area contributed by atoms with Gasteiger partial charge in [-0.15, -0.1) is 0 Å². The van der Waals surface area contributed by atoms with Gasteiger partial charge in [0.05, 0.1) is 12.7 Å². The van der Waals surface area contributed by atoms with Crippen molar-refractivity contribution in [1.82, 2.24) is 14.9 Å². The first-order chi connectivity index (χ1) is 16.5. The molecule has 0 saturated carbocycles. The Hall–Kier alpha value is -3.64. The van der Waals surface area contributed by atoms with Gasteiger partial charge in [-0.25, -0.2) is 4.79 Å². The minimum Gasteiger partial charge on any atom is -0.496 e. The van der Waals surface area contributed by atoms with Crippen molar-refractivity contribution in [2.24, 2.45) is 0 Å². The van der Waals surface area contributed by atoms with Crippen molar-refractivity contribution in [2.45, 2.75) is 38.3 Å². The van der Waals surface area contributed by atoms with Crippen molar-refractivity contribution in [1.29, 1.82) is 0 Å². The number of fused-ring (bicyclic) bond motifs is 1. The average molecular weight is 456 g/mol. The molecule has 174 valence electrons. The third-order valence-electron chi connectivity index (χ3n) is 7.05. The predicted molar refractivity (Wildman–Crippen MR) is 132 cm³/mol. The van der Waals surface area contributed by atoms with Crippen molar-refractivity contribution >= 4 is 16.9 Å². The highest BCUT2D eigenvalue weighted by Gasteiger charge is 2.32. The number of likely N-dealkylation sites (tertiary alicyclic amines) is 1. The van der Waals surface area contributed by atoms with Crippen LogP contribution in [0.3, 0.4) is 0 Å². The lowest BCUT2D eigenvalue weighted by Gasteiger charge is -2.40. The second kappa shape index (κ2) is 9.31. The van der Waals surface area contributed by atoms with E-state index in [-0.39, 0.29) is 6.04 Å². The van der Waals surface area contributed by atoms with E-state index in [4.69, 9.17) is 4.74 Å². The number of hydrogen-bond donors (Lipinski definition) is 2. The number of carboxylic acid groups (broad SMARTS) is 1. The summed E-state index contributed by atoms with van der Waals surface area (Å²) in [6.07, 6.45) is 5.78. The molecule has 4 aromatic rings. The largest absolute Gasteiger partial charge is 0.496 e. The molecule has 2 N–H and O–H groups in total. The molecule has 0 spiro atoms. The Balaban J connectivity index is 1.51. The van der Waals surface area contributed by atoms with Gasteiger partial charge in [-0.3, -0.25) is 9.88 Å². The maximum Gasteiger partial charge on any atom is 0.335 e. The van der Waals surface area contributed by atoms with Crippen LogP contribution >= 0.6 is 0 Å². The van der Waals surface area contributed by atoms with Crippen LogP contribution in [-0.4, -0.2) is 39.6 Å². The number of aromatic amines is 1. The van der Waals surface area contributed by atoms with E-state index in [0.29, 0.717) is 11.5 Å². The Morgan fingerprint density at radius 1 is 1.21 bits per heavy atom. The van der Waals surface area contributed by atoms with E-state index in [2.05, 4.69) is 40.0 Å². The number of aromatic nitrogens is 2. The van der Waals surface area contributed by atoms with Crippen LogP contribution < -0.4 is 4.74 Å². The number of ether oxygens (including phenoxy) is 1. The van der Waals surface area contributed by atoms with Crippen molar-refractivity contribution < 1.29 is 14.6 Å². The number of benzene rings is 2. The molecule has 0 aliphatic carbocycles. The molecule has 1 aliphatic rings. The van der Waals surface area contributed by atoms with Gasteiger partial charge in [-0.1, -0.05) is 18.2 Å². The molecule has 1 saturated heterocycles. The molecule has 5 rings (SSSR count). The van der Waals surface area contributed by atoms with Gasteiger partial charge >= 0.3 is 5.97 Å². The number of carbonyl (C=O) groups is 1. The highest BCUT2D eigenvalue weighted by Crippen LogP contribution is 2.41. The van der Waals surface area contributed by atoms with E-state index in [1.165, 1.54) is 10.9 Å². The van der Waals surface area contributed by atoms with Crippen LogP contribution in [0.1, 0.15) is 57.5 Å². The summed E-state index contributed by atoms with van der Waals surface area (Å²) >= 11 is 0. The molecule has 2 unspecified atom stereocenters. The molecule has 0 radical (unpaired) electrons. The standard InChI is InChI=1S/C28H29N3O3/c1-18-15-26(34-2)23(22-10-13-30-27(18)22)17-31-14-11-21(24-5-3-4-12-29-24)16-25(31)19-6-8-20(9-7-19)28(32)33/h3-10,12-13,15,21,25,30H,11,14,16-17H2,1-2H3,(H,32,33). The average Bonchev–Trinajstić information content (AvgIpc) is 3.37. The van der Waals surface area contributed by atoms with Crippen LogP contribution in [0.25, 0.3) is 10.9 Å². The Kier molecular flexibility index (Phi) is 6.07. The van der Waals surface area contributed by atoms with E-state index in [1.54, 1.807) is 19.2 Å². The van der Waals surface area contributed by atoms with E-state index in [0.717, 1.165) is 54.0 Å². The molecule has 0 amide bonds. The third-order valence-corrected chi connectivity index (χ3v) is 7.05. The van der Waals surface area contributed by atoms with Crippen LogP contribution in [-0.2, 0) is 6.54 Å². The first-order valence-electron chi connectivity index (χ1n) is 11.7. The Bertz CT molecular complexity index is 1300. The number of nitrogens with one attached hydrogen (secondary N) is 1. The third kappa shape index (κ3) is 4.17. The zero-order valence-corrected chi connectivity index (χ0v) is 19.5. The Labute approximate surface area is 199 Å². The monoisotopic (exact) mass is 455 g/mol. The van der Waals surface area contributed by atoms with Crippen molar-refractivity contribution in [2.75, 3.05) is 13.7 Å². The normalized spacial score (nSPS) is 18.8. The van der Waals surface area contributed by atoms with Crippen molar-refractivity contribution in [3.8, 4) is 5.75 Å². The molecule has 0 bridgehead atoms. The van der Waals surface area contributed by atoms with Gasteiger partial charge in [-0.05, 0) is 73.8 Å². The number of piperidine rings is 1. The molecule has 6 heteroatoms. The summed E-state index contributed by atoms with van der Waals surface area (Å²) in [5.74, 6) is 0.350. The number of methoxy groups -OCH3 is 1. The summed E-state index contributed by atoms with van der Waals surface area (Å²) in [6, 6.07) is 17.8. The van der Waals surface area contributed by atoms with E-state index in [9.17, 15) is 9.90 Å². The van der Waals surface area contributed by atoms with Crippen LogP contribution in [0.2, 0.25) is 0 Å². The van der Waals surface area contributed by atoms with Gasteiger partial charge in [-0.2, -0.15) is 0 Å². The fraction of sp³-hybridized carbons (Fsp3) is 0.286. The summed E-state index contributed by atoms with van der Waals surface area (Å²) in [4.78, 5) is 21.9. The van der Waals surface area contributed by atoms with Gasteiger partial charge < -0.3 is 14.8 Å². The molecule has 2 atom stereocenters. The maximum atomic E-state index is 11.4. The second-order valence-electron chi connectivity index (χ2n) is 9.03. The fourth-order valence-corrected chi connectivity index (χ4v) is 5.27. The minimum atomic E-state index is -0.905. The molecule has 34 heavy (non-hydrogen) atoms. The number of hydrogen-bond acceptors (Lipinski definition) is 4. The van der Waals surface area contributed by atoms with Crippen LogP contribution in [0.4, 0.5) is 0 Å². The van der Waals surface area contributed by atoms with Crippen LogP contribution in [0.5, 0.6) is 5.75 Å². The molecule has 2 aromatic heterocycles. The van der Waals surface area contributed by atoms with E-state index >= 15 is 0 Å². The van der Waals surface area contributed by atoms with Crippen molar-refractivity contribution in [3.05, 3.63) is 94.9 Å². The van der Waals surface area contributed by atoms with Crippen LogP contribution in [0.15, 0.2) is 67.0 Å². The molecular formula is C28H29N3O3. The van der Waals surface area contributed by atoms with Crippen molar-refractivity contribution in [3.63, 3.8) is 0 Å². The molecule has 2 aromatic carbocycles. The lowest BCUT2D eigenvalue weighted by Crippen LogP contribution is -2.36. The molecule has 1 fully saturated rings. The summed E-state index contributed by atoms with van der Waals surface area (Å²) in [7, 11) is 1.73. The quantitative estimate of drug-likeness (QED) is 0.390. The maximum absolute atomic E-state index is 11.4. The lowest BCUT2D eigenvalue weighted by atomic mass is 9.84. The number of pyridine rings is 1. The Morgan fingerprint density at radius 2 is 2.03 bits per heavy atom. The number of aromatic carboxylic acids is 1. The summed E-state index contributed by atoms with van der Waals surface area (Å²) < 4.78 is 5.80. The molecule has 1 aliphatic heterocycles. The highest BCUT2D eigenvalue weighted by atomic mass is 16.5. The number of H-pyrrole nitrogens is 1. The zero-order valence-electron chi connectivity index (χ0n) is 19.5. The summed E-state index contributed by atoms with van der Waals surface area (Å²) in [5, 5.41) is 10.5. The van der Waals surface area contributed by atoms with Gasteiger partial charge in [0.15, 0.2) is 0 Å². The first kappa shape index (κ1) is 22.2. The highest BCUT2D eigenvalue weighted by molar-refractivity contribution is 5.88. The Morgan fingerprint density at radius 3 is 2.74 bits per heavy atom. The second-order valence-corrected chi connectivity index (χ2v) is 9.03. The van der Waals surface area contributed by atoms with Gasteiger partial charge in [0.25, 0.3) is 0 Å². The summed E-state index contributed by atoms with van der Waals surface area (Å²) in [5.41, 5.74) is 6.03. The number of rotatable bonds is 6. The lowest BCUT2D eigenvalue weighted by molar-refractivity contribution is 0.0696. The fourth-order valence-electron chi connectivity index (χ4n) is 5.27. The van der Waals surface area contributed by atoms with Gasteiger partial charge in [0.1, 0.15) is 5.75 Å². The van der Waals surface area contributed by atoms with E-state index < -0.39 is 5.97 Å². The SMILES string of the molecule is COc1cc(C)c2[nH]ccc2c1CN1CCC(c2ccccn2)CC1c1ccc(C(=O)O)cc1. The molecule has 3 heterocycles. The predicted octanol–water partition coefficient (Wildman–Crippen LogP) is 5.70. The first-order valence-corrected chi connectivity index (χ1v) is 11.7.